The smallest absolute Gasteiger partial charge is 0.147 e. The summed E-state index contributed by atoms with van der Waals surface area (Å²) in [4.78, 5) is 0. The highest BCUT2D eigenvalue weighted by molar-refractivity contribution is 9.10. The lowest BCUT2D eigenvalue weighted by molar-refractivity contribution is 0.271. The van der Waals surface area contributed by atoms with Gasteiger partial charge in [0.15, 0.2) is 0 Å². The zero-order valence-electron chi connectivity index (χ0n) is 11.2. The predicted molar refractivity (Wildman–Crippen MR) is 78.0 cm³/mol. The summed E-state index contributed by atoms with van der Waals surface area (Å²) in [5.41, 5.74) is 2.22. The average Bonchev–Trinajstić information content (AvgIpc) is 2.20. The molecule has 0 aromatic heterocycles. The third kappa shape index (κ3) is 4.98. The fraction of sp³-hybridized carbons (Fsp3) is 0.538. The second-order valence-corrected chi connectivity index (χ2v) is 7.86. The van der Waals surface area contributed by atoms with Gasteiger partial charge < -0.3 is 4.74 Å². The van der Waals surface area contributed by atoms with Crippen LogP contribution in [0.4, 0.5) is 0 Å². The lowest BCUT2D eigenvalue weighted by Gasteiger charge is -2.14. The SMILES string of the molecule is Cc1cc(OCC(C)CS(C)(=O)=O)cc(C)c1Br. The van der Waals surface area contributed by atoms with Crippen LogP contribution in [0.15, 0.2) is 16.6 Å². The van der Waals surface area contributed by atoms with Gasteiger partial charge in [-0.1, -0.05) is 22.9 Å². The first-order valence-electron chi connectivity index (χ1n) is 5.76. The summed E-state index contributed by atoms with van der Waals surface area (Å²) in [5, 5.41) is 0. The van der Waals surface area contributed by atoms with Gasteiger partial charge in [-0.25, -0.2) is 8.42 Å². The van der Waals surface area contributed by atoms with Crippen molar-refractivity contribution in [1.82, 2.24) is 0 Å². The topological polar surface area (TPSA) is 43.4 Å². The van der Waals surface area contributed by atoms with Crippen molar-refractivity contribution in [3.05, 3.63) is 27.7 Å². The van der Waals surface area contributed by atoms with Crippen molar-refractivity contribution in [2.24, 2.45) is 5.92 Å². The van der Waals surface area contributed by atoms with Crippen molar-refractivity contribution >= 4 is 25.8 Å². The van der Waals surface area contributed by atoms with Crippen LogP contribution in [0.25, 0.3) is 0 Å². The molecule has 0 bridgehead atoms. The number of sulfone groups is 1. The maximum absolute atomic E-state index is 11.1. The van der Waals surface area contributed by atoms with E-state index in [-0.39, 0.29) is 11.7 Å². The first-order chi connectivity index (χ1) is 8.19. The van der Waals surface area contributed by atoms with Crippen LogP contribution in [0.5, 0.6) is 5.75 Å². The molecule has 1 aromatic carbocycles. The highest BCUT2D eigenvalue weighted by Crippen LogP contribution is 2.26. The van der Waals surface area contributed by atoms with Crippen LogP contribution in [0.1, 0.15) is 18.1 Å². The maximum atomic E-state index is 11.1. The van der Waals surface area contributed by atoms with E-state index in [0.717, 1.165) is 21.3 Å². The Balaban J connectivity index is 2.64. The molecule has 0 saturated heterocycles. The largest absolute Gasteiger partial charge is 0.493 e. The predicted octanol–water partition coefficient (Wildman–Crippen LogP) is 3.13. The molecule has 0 aliphatic rings. The molecule has 0 saturated carbocycles. The zero-order chi connectivity index (χ0) is 13.9. The normalized spacial score (nSPS) is 13.4. The van der Waals surface area contributed by atoms with Crippen LogP contribution in [0, 0.1) is 19.8 Å². The number of hydrogen-bond acceptors (Lipinski definition) is 3. The van der Waals surface area contributed by atoms with Crippen molar-refractivity contribution in [2.45, 2.75) is 20.8 Å². The Labute approximate surface area is 118 Å². The van der Waals surface area contributed by atoms with Crippen LogP contribution < -0.4 is 4.74 Å². The molecule has 3 nitrogen and oxygen atoms in total. The second kappa shape index (κ2) is 6.06. The van der Waals surface area contributed by atoms with Crippen LogP contribution in [-0.4, -0.2) is 27.0 Å². The number of halogens is 1. The minimum absolute atomic E-state index is 0.00995. The van der Waals surface area contributed by atoms with Gasteiger partial charge >= 0.3 is 0 Å². The van der Waals surface area contributed by atoms with E-state index in [1.54, 1.807) is 0 Å². The number of ether oxygens (including phenoxy) is 1. The molecule has 18 heavy (non-hydrogen) atoms. The molecule has 1 aromatic rings. The van der Waals surface area contributed by atoms with Gasteiger partial charge in [-0.3, -0.25) is 0 Å². The quantitative estimate of drug-likeness (QED) is 0.830. The van der Waals surface area contributed by atoms with Gasteiger partial charge in [0.1, 0.15) is 15.6 Å². The van der Waals surface area contributed by atoms with Gasteiger partial charge in [-0.2, -0.15) is 0 Å². The summed E-state index contributed by atoms with van der Waals surface area (Å²) in [6, 6.07) is 3.90. The molecule has 102 valence electrons. The van der Waals surface area contributed by atoms with Crippen molar-refractivity contribution in [3.8, 4) is 5.75 Å². The van der Waals surface area contributed by atoms with E-state index in [1.807, 2.05) is 32.9 Å². The number of rotatable bonds is 5. The number of benzene rings is 1. The fourth-order valence-corrected chi connectivity index (χ4v) is 3.15. The number of hydrogen-bond donors (Lipinski definition) is 0. The fourth-order valence-electron chi connectivity index (χ4n) is 1.79. The molecule has 0 N–H and O–H groups in total. The van der Waals surface area contributed by atoms with Crippen molar-refractivity contribution < 1.29 is 13.2 Å². The van der Waals surface area contributed by atoms with E-state index in [0.29, 0.717) is 6.61 Å². The zero-order valence-corrected chi connectivity index (χ0v) is 13.6. The first kappa shape index (κ1) is 15.5. The molecule has 5 heteroatoms. The minimum atomic E-state index is -2.94. The van der Waals surface area contributed by atoms with Crippen LogP contribution in [0.3, 0.4) is 0 Å². The average molecular weight is 335 g/mol. The molecule has 0 heterocycles. The summed E-state index contributed by atoms with van der Waals surface area (Å²) < 4.78 is 29.0. The molecule has 0 aliphatic carbocycles. The third-order valence-corrected chi connectivity index (χ3v) is 4.96. The molecule has 0 aliphatic heterocycles. The Morgan fingerprint density at radius 1 is 1.28 bits per heavy atom. The van der Waals surface area contributed by atoms with E-state index >= 15 is 0 Å². The molecule has 0 radical (unpaired) electrons. The molecule has 0 amide bonds. The maximum Gasteiger partial charge on any atom is 0.147 e. The van der Waals surface area contributed by atoms with Gasteiger partial charge in [-0.15, -0.1) is 0 Å². The van der Waals surface area contributed by atoms with Crippen LogP contribution in [-0.2, 0) is 9.84 Å². The van der Waals surface area contributed by atoms with Gasteiger partial charge in [0.25, 0.3) is 0 Å². The summed E-state index contributed by atoms with van der Waals surface area (Å²) in [5.74, 6) is 0.930. The van der Waals surface area contributed by atoms with Crippen molar-refractivity contribution in [3.63, 3.8) is 0 Å². The third-order valence-electron chi connectivity index (χ3n) is 2.53. The Morgan fingerprint density at radius 3 is 2.22 bits per heavy atom. The van der Waals surface area contributed by atoms with Crippen molar-refractivity contribution in [1.29, 1.82) is 0 Å². The molecule has 0 spiro atoms. The van der Waals surface area contributed by atoms with E-state index in [2.05, 4.69) is 15.9 Å². The summed E-state index contributed by atoms with van der Waals surface area (Å²) in [6.45, 7) is 6.29. The first-order valence-corrected chi connectivity index (χ1v) is 8.61. The second-order valence-electron chi connectivity index (χ2n) is 4.88. The van der Waals surface area contributed by atoms with Crippen molar-refractivity contribution in [2.75, 3.05) is 18.6 Å². The molecule has 1 unspecified atom stereocenters. The van der Waals surface area contributed by atoms with E-state index in [9.17, 15) is 8.42 Å². The Kier molecular flexibility index (Phi) is 5.22. The molecule has 1 atom stereocenters. The Bertz CT molecular complexity index is 500. The van der Waals surface area contributed by atoms with E-state index < -0.39 is 9.84 Å². The van der Waals surface area contributed by atoms with Gasteiger partial charge in [0, 0.05) is 16.6 Å². The Hall–Kier alpha value is -0.550. The van der Waals surface area contributed by atoms with Crippen LogP contribution >= 0.6 is 15.9 Å². The summed E-state index contributed by atoms with van der Waals surface area (Å²) in [7, 11) is -2.94. The molecule has 0 fully saturated rings. The summed E-state index contributed by atoms with van der Waals surface area (Å²) >= 11 is 3.50. The highest BCUT2D eigenvalue weighted by atomic mass is 79.9. The minimum Gasteiger partial charge on any atom is -0.493 e. The van der Waals surface area contributed by atoms with Gasteiger partial charge in [-0.05, 0) is 37.1 Å². The Morgan fingerprint density at radius 2 is 1.78 bits per heavy atom. The van der Waals surface area contributed by atoms with Gasteiger partial charge in [0.2, 0.25) is 0 Å². The number of aryl methyl sites for hydroxylation is 2. The molecular weight excluding hydrogens is 316 g/mol. The summed E-state index contributed by atoms with van der Waals surface area (Å²) in [6.07, 6.45) is 1.25. The van der Waals surface area contributed by atoms with Crippen LogP contribution in [0.2, 0.25) is 0 Å². The lowest BCUT2D eigenvalue weighted by Crippen LogP contribution is -2.18. The monoisotopic (exact) mass is 334 g/mol. The lowest BCUT2D eigenvalue weighted by atomic mass is 10.1. The van der Waals surface area contributed by atoms with Gasteiger partial charge in [0.05, 0.1) is 12.4 Å². The van der Waals surface area contributed by atoms with E-state index in [1.165, 1.54) is 6.26 Å². The van der Waals surface area contributed by atoms with E-state index in [4.69, 9.17) is 4.74 Å². The molecular formula is C13H19BrO3S. The highest BCUT2D eigenvalue weighted by Gasteiger charge is 2.11. The molecule has 1 rings (SSSR count). The standard InChI is InChI=1S/C13H19BrO3S/c1-9(8-18(4,15)16)7-17-12-5-10(2)13(14)11(3)6-12/h5-6,9H,7-8H2,1-4H3.